The Morgan fingerprint density at radius 1 is 0.974 bits per heavy atom. The molecular formula is C28H24ClN5O4S. The minimum atomic E-state index is -3.37. The Labute approximate surface area is 230 Å². The predicted molar refractivity (Wildman–Crippen MR) is 152 cm³/mol. The number of sulfone groups is 1. The second-order valence-corrected chi connectivity index (χ2v) is 11.3. The van der Waals surface area contributed by atoms with Crippen molar-refractivity contribution >= 4 is 50.3 Å². The predicted octanol–water partition coefficient (Wildman–Crippen LogP) is 5.39. The normalized spacial score (nSPS) is 11.4. The SMILES string of the molecule is COc1cc(S(C)(=O)=O)ccc1Nc1nc2ccc(-c3ccc(NC(=O)Cc4ccc(Cl)cc4)cc3)cn2n1. The van der Waals surface area contributed by atoms with Crippen LogP contribution in [-0.2, 0) is 21.1 Å². The summed E-state index contributed by atoms with van der Waals surface area (Å²) >= 11 is 5.90. The van der Waals surface area contributed by atoms with Crippen LogP contribution in [0, 0.1) is 0 Å². The average Bonchev–Trinajstić information content (AvgIpc) is 3.31. The highest BCUT2D eigenvalue weighted by molar-refractivity contribution is 7.90. The van der Waals surface area contributed by atoms with Gasteiger partial charge in [0.25, 0.3) is 0 Å². The molecular weight excluding hydrogens is 538 g/mol. The lowest BCUT2D eigenvalue weighted by molar-refractivity contribution is -0.115. The molecule has 0 saturated heterocycles. The highest BCUT2D eigenvalue weighted by Crippen LogP contribution is 2.30. The fourth-order valence-corrected chi connectivity index (χ4v) is 4.73. The van der Waals surface area contributed by atoms with Crippen LogP contribution in [0.2, 0.25) is 5.02 Å². The number of ether oxygens (including phenoxy) is 1. The molecule has 5 aromatic rings. The minimum absolute atomic E-state index is 0.114. The smallest absolute Gasteiger partial charge is 0.247 e. The van der Waals surface area contributed by atoms with Gasteiger partial charge >= 0.3 is 0 Å². The lowest BCUT2D eigenvalue weighted by Crippen LogP contribution is -2.14. The second kappa shape index (κ2) is 10.8. The van der Waals surface area contributed by atoms with Crippen molar-refractivity contribution in [1.29, 1.82) is 0 Å². The van der Waals surface area contributed by atoms with E-state index < -0.39 is 9.84 Å². The van der Waals surface area contributed by atoms with E-state index in [0.717, 1.165) is 22.9 Å². The third-order valence-corrected chi connectivity index (χ3v) is 7.32. The third-order valence-electron chi connectivity index (χ3n) is 5.96. The van der Waals surface area contributed by atoms with Crippen LogP contribution in [0.25, 0.3) is 16.8 Å². The number of aromatic nitrogens is 3. The standard InChI is InChI=1S/C28H24ClN5O4S/c1-38-25-16-23(39(2,36)37)12-13-24(25)31-28-32-26-14-7-20(17-34(26)33-28)19-5-10-22(11-6-19)30-27(35)15-18-3-8-21(29)9-4-18/h3-14,16-17H,15H2,1-2H3,(H,30,35)(H,31,33). The Balaban J connectivity index is 1.29. The molecule has 0 radical (unpaired) electrons. The van der Waals surface area contributed by atoms with Crippen molar-refractivity contribution in [3.63, 3.8) is 0 Å². The van der Waals surface area contributed by atoms with E-state index in [0.29, 0.717) is 33.7 Å². The number of nitrogens with zero attached hydrogens (tertiary/aromatic N) is 3. The Kier molecular flexibility index (Phi) is 7.23. The van der Waals surface area contributed by atoms with E-state index in [2.05, 4.69) is 20.7 Å². The first kappa shape index (κ1) is 26.2. The maximum atomic E-state index is 12.4. The molecule has 0 aliphatic heterocycles. The number of fused-ring (bicyclic) bond motifs is 1. The maximum absolute atomic E-state index is 12.4. The van der Waals surface area contributed by atoms with E-state index in [4.69, 9.17) is 16.3 Å². The van der Waals surface area contributed by atoms with Gasteiger partial charge in [0.05, 0.1) is 24.1 Å². The number of anilines is 3. The minimum Gasteiger partial charge on any atom is -0.495 e. The topological polar surface area (TPSA) is 115 Å². The highest BCUT2D eigenvalue weighted by Gasteiger charge is 2.14. The second-order valence-electron chi connectivity index (χ2n) is 8.84. The number of hydrogen-bond donors (Lipinski definition) is 2. The highest BCUT2D eigenvalue weighted by atomic mass is 35.5. The molecule has 0 fully saturated rings. The number of hydrogen-bond acceptors (Lipinski definition) is 7. The summed E-state index contributed by atoms with van der Waals surface area (Å²) in [6, 6.07) is 23.1. The molecule has 3 aromatic carbocycles. The van der Waals surface area contributed by atoms with E-state index in [1.54, 1.807) is 22.7 Å². The summed E-state index contributed by atoms with van der Waals surface area (Å²) in [6.45, 7) is 0. The number of amides is 1. The first-order valence-electron chi connectivity index (χ1n) is 11.8. The van der Waals surface area contributed by atoms with Crippen molar-refractivity contribution in [1.82, 2.24) is 14.6 Å². The largest absolute Gasteiger partial charge is 0.495 e. The molecule has 0 spiro atoms. The molecule has 9 nitrogen and oxygen atoms in total. The average molecular weight is 562 g/mol. The van der Waals surface area contributed by atoms with Gasteiger partial charge in [-0.15, -0.1) is 5.10 Å². The molecule has 0 unspecified atom stereocenters. The maximum Gasteiger partial charge on any atom is 0.247 e. The van der Waals surface area contributed by atoms with Crippen molar-refractivity contribution in [2.75, 3.05) is 24.0 Å². The molecule has 5 rings (SSSR count). The number of methoxy groups -OCH3 is 1. The first-order chi connectivity index (χ1) is 18.7. The van der Waals surface area contributed by atoms with Crippen LogP contribution in [0.15, 0.2) is 90.0 Å². The van der Waals surface area contributed by atoms with Gasteiger partial charge in [-0.3, -0.25) is 4.79 Å². The van der Waals surface area contributed by atoms with Gasteiger partial charge in [0, 0.05) is 34.8 Å². The van der Waals surface area contributed by atoms with Gasteiger partial charge in [-0.25, -0.2) is 12.9 Å². The number of pyridine rings is 1. The molecule has 2 heterocycles. The van der Waals surface area contributed by atoms with Crippen molar-refractivity contribution in [3.8, 4) is 16.9 Å². The van der Waals surface area contributed by atoms with Crippen LogP contribution in [0.1, 0.15) is 5.56 Å². The number of rotatable bonds is 8. The number of carbonyl (C=O) groups excluding carboxylic acids is 1. The molecule has 0 atom stereocenters. The molecule has 0 saturated carbocycles. The number of nitrogens with one attached hydrogen (secondary N) is 2. The Morgan fingerprint density at radius 3 is 2.38 bits per heavy atom. The van der Waals surface area contributed by atoms with Crippen molar-refractivity contribution in [3.05, 3.63) is 95.6 Å². The summed E-state index contributed by atoms with van der Waals surface area (Å²) in [5.41, 5.74) is 4.59. The molecule has 39 heavy (non-hydrogen) atoms. The summed E-state index contributed by atoms with van der Waals surface area (Å²) < 4.78 is 30.7. The summed E-state index contributed by atoms with van der Waals surface area (Å²) in [5.74, 6) is 0.575. The van der Waals surface area contributed by atoms with E-state index in [-0.39, 0.29) is 17.2 Å². The lowest BCUT2D eigenvalue weighted by Gasteiger charge is -2.10. The number of halogens is 1. The molecule has 0 aliphatic rings. The van der Waals surface area contributed by atoms with Gasteiger partial charge in [0.1, 0.15) is 5.75 Å². The summed E-state index contributed by atoms with van der Waals surface area (Å²) in [5, 5.41) is 11.1. The summed E-state index contributed by atoms with van der Waals surface area (Å²) in [7, 11) is -1.90. The Morgan fingerprint density at radius 2 is 1.69 bits per heavy atom. The molecule has 11 heteroatoms. The Hall–Kier alpha value is -4.41. The van der Waals surface area contributed by atoms with Gasteiger partial charge < -0.3 is 15.4 Å². The quantitative estimate of drug-likeness (QED) is 0.261. The monoisotopic (exact) mass is 561 g/mol. The number of benzene rings is 3. The van der Waals surface area contributed by atoms with Gasteiger partial charge in [0.15, 0.2) is 15.5 Å². The fraction of sp³-hybridized carbons (Fsp3) is 0.107. The van der Waals surface area contributed by atoms with Gasteiger partial charge in [-0.1, -0.05) is 35.9 Å². The number of carbonyl (C=O) groups is 1. The summed E-state index contributed by atoms with van der Waals surface area (Å²) in [4.78, 5) is 17.0. The molecule has 2 aromatic heterocycles. The van der Waals surface area contributed by atoms with E-state index in [1.165, 1.54) is 19.2 Å². The van der Waals surface area contributed by atoms with Crippen molar-refractivity contribution in [2.24, 2.45) is 0 Å². The molecule has 0 bridgehead atoms. The lowest BCUT2D eigenvalue weighted by atomic mass is 10.1. The van der Waals surface area contributed by atoms with Crippen molar-refractivity contribution in [2.45, 2.75) is 11.3 Å². The fourth-order valence-electron chi connectivity index (χ4n) is 3.97. The zero-order chi connectivity index (χ0) is 27.6. The molecule has 198 valence electrons. The van der Waals surface area contributed by atoms with Gasteiger partial charge in [-0.2, -0.15) is 4.98 Å². The van der Waals surface area contributed by atoms with Gasteiger partial charge in [-0.05, 0) is 59.7 Å². The third kappa shape index (κ3) is 6.19. The molecule has 0 aliphatic carbocycles. The zero-order valence-corrected chi connectivity index (χ0v) is 22.6. The van der Waals surface area contributed by atoms with Crippen LogP contribution >= 0.6 is 11.6 Å². The van der Waals surface area contributed by atoms with Crippen LogP contribution < -0.4 is 15.4 Å². The van der Waals surface area contributed by atoms with E-state index in [9.17, 15) is 13.2 Å². The van der Waals surface area contributed by atoms with Crippen LogP contribution in [0.5, 0.6) is 5.75 Å². The Bertz CT molecular complexity index is 1770. The summed E-state index contributed by atoms with van der Waals surface area (Å²) in [6.07, 6.45) is 3.25. The molecule has 2 N–H and O–H groups in total. The van der Waals surface area contributed by atoms with Crippen LogP contribution in [0.4, 0.5) is 17.3 Å². The molecule has 1 amide bonds. The van der Waals surface area contributed by atoms with E-state index >= 15 is 0 Å². The van der Waals surface area contributed by atoms with Crippen LogP contribution in [0.3, 0.4) is 0 Å². The van der Waals surface area contributed by atoms with Crippen molar-refractivity contribution < 1.29 is 17.9 Å². The van der Waals surface area contributed by atoms with Crippen LogP contribution in [-0.4, -0.2) is 42.3 Å². The van der Waals surface area contributed by atoms with Gasteiger partial charge in [0.2, 0.25) is 11.9 Å². The van der Waals surface area contributed by atoms with E-state index in [1.807, 2.05) is 54.7 Å². The zero-order valence-electron chi connectivity index (χ0n) is 21.1. The first-order valence-corrected chi connectivity index (χ1v) is 14.1.